The van der Waals surface area contributed by atoms with Crippen molar-refractivity contribution in [3.8, 4) is 5.75 Å². The minimum Gasteiger partial charge on any atom is -0.471 e. The maximum Gasteiger partial charge on any atom is 0.240 e. The molecule has 5 nitrogen and oxygen atoms in total. The van der Waals surface area contributed by atoms with Gasteiger partial charge in [0.1, 0.15) is 5.75 Å². The van der Waals surface area contributed by atoms with Crippen LogP contribution in [0, 0.1) is 0 Å². The monoisotopic (exact) mass is 190 g/mol. The predicted octanol–water partition coefficient (Wildman–Crippen LogP) is 1.33. The van der Waals surface area contributed by atoms with Gasteiger partial charge in [-0.05, 0) is 24.3 Å². The van der Waals surface area contributed by atoms with E-state index in [1.165, 1.54) is 12.2 Å². The molecule has 0 bridgehead atoms. The number of nitrogens with zero attached hydrogens (tertiary/aromatic N) is 2. The van der Waals surface area contributed by atoms with E-state index < -0.39 is 0 Å². The van der Waals surface area contributed by atoms with E-state index in [1.54, 1.807) is 24.3 Å². The predicted molar refractivity (Wildman–Crippen MR) is 47.8 cm³/mol. The van der Waals surface area contributed by atoms with Crippen molar-refractivity contribution in [3.63, 3.8) is 0 Å². The third kappa shape index (κ3) is 3.03. The summed E-state index contributed by atoms with van der Waals surface area (Å²) in [7, 11) is 0. The normalized spacial score (nSPS) is 8.29. The Morgan fingerprint density at radius 2 is 1.86 bits per heavy atom. The molecule has 0 fully saturated rings. The molecule has 1 aromatic carbocycles. The summed E-state index contributed by atoms with van der Waals surface area (Å²) >= 11 is 0. The fourth-order valence-electron chi connectivity index (χ4n) is 0.803. The van der Waals surface area contributed by atoms with Crippen LogP contribution >= 0.6 is 0 Å². The van der Waals surface area contributed by atoms with Crippen molar-refractivity contribution >= 4 is 17.8 Å². The summed E-state index contributed by atoms with van der Waals surface area (Å²) in [6.45, 7) is -0.0696. The Morgan fingerprint density at radius 1 is 1.14 bits per heavy atom. The van der Waals surface area contributed by atoms with Crippen LogP contribution < -0.4 is 4.74 Å². The van der Waals surface area contributed by atoms with Gasteiger partial charge in [0.05, 0.1) is 5.69 Å². The first-order valence-corrected chi connectivity index (χ1v) is 3.71. The fraction of sp³-hybridized carbons (Fsp3) is 0.111. The zero-order valence-corrected chi connectivity index (χ0v) is 7.14. The second-order valence-electron chi connectivity index (χ2n) is 2.22. The minimum atomic E-state index is -0.0696. The summed E-state index contributed by atoms with van der Waals surface area (Å²) in [5.41, 5.74) is 0.492. The number of benzene rings is 1. The lowest BCUT2D eigenvalue weighted by molar-refractivity contribution is 0.330. The lowest BCUT2D eigenvalue weighted by atomic mass is 10.3. The molecule has 0 spiro atoms. The van der Waals surface area contributed by atoms with Gasteiger partial charge < -0.3 is 4.74 Å². The highest BCUT2D eigenvalue weighted by Gasteiger charge is 1.92. The molecule has 0 unspecified atom stereocenters. The van der Waals surface area contributed by atoms with E-state index in [1.807, 2.05) is 0 Å². The Bertz CT molecular complexity index is 387. The minimum absolute atomic E-state index is 0.0696. The van der Waals surface area contributed by atoms with Gasteiger partial charge in [0.15, 0.2) is 6.73 Å². The first-order chi connectivity index (χ1) is 6.86. The van der Waals surface area contributed by atoms with E-state index in [0.29, 0.717) is 11.4 Å². The van der Waals surface area contributed by atoms with E-state index >= 15 is 0 Å². The summed E-state index contributed by atoms with van der Waals surface area (Å²) < 4.78 is 5.01. The third-order valence-corrected chi connectivity index (χ3v) is 1.37. The topological polar surface area (TPSA) is 68.1 Å². The van der Waals surface area contributed by atoms with Gasteiger partial charge >= 0.3 is 0 Å². The first-order valence-electron chi connectivity index (χ1n) is 3.71. The van der Waals surface area contributed by atoms with Crippen LogP contribution in [0.25, 0.3) is 0 Å². The zero-order chi connectivity index (χ0) is 10.2. The SMILES string of the molecule is O=C=NCOc1ccc(N=C=O)cc1. The molecule has 14 heavy (non-hydrogen) atoms. The number of aliphatic imine (C=N–C) groups is 2. The summed E-state index contributed by atoms with van der Waals surface area (Å²) in [5, 5.41) is 0. The van der Waals surface area contributed by atoms with Crippen molar-refractivity contribution in [2.45, 2.75) is 0 Å². The molecule has 1 aromatic rings. The highest BCUT2D eigenvalue weighted by atomic mass is 16.5. The molecule has 0 radical (unpaired) electrons. The molecule has 0 saturated carbocycles. The summed E-state index contributed by atoms with van der Waals surface area (Å²) in [6.07, 6.45) is 2.77. The van der Waals surface area contributed by atoms with Gasteiger partial charge in [-0.25, -0.2) is 9.59 Å². The average Bonchev–Trinajstić information content (AvgIpc) is 2.21. The molecule has 70 valence electrons. The largest absolute Gasteiger partial charge is 0.471 e. The smallest absolute Gasteiger partial charge is 0.240 e. The van der Waals surface area contributed by atoms with Crippen molar-refractivity contribution in [2.75, 3.05) is 6.73 Å². The number of ether oxygens (including phenoxy) is 1. The maximum atomic E-state index is 9.89. The van der Waals surface area contributed by atoms with Crippen LogP contribution in [0.5, 0.6) is 5.75 Å². The molecule has 0 atom stereocenters. The standard InChI is InChI=1S/C9H6N2O3/c12-5-10-7-14-9-3-1-8(2-4-9)11-6-13/h1-4H,7H2. The molecular formula is C9H6N2O3. The van der Waals surface area contributed by atoms with Gasteiger partial charge in [0.2, 0.25) is 12.2 Å². The van der Waals surface area contributed by atoms with Gasteiger partial charge in [0, 0.05) is 0 Å². The van der Waals surface area contributed by atoms with E-state index in [2.05, 4.69) is 9.98 Å². The number of carbonyl (C=O) groups excluding carboxylic acids is 2. The van der Waals surface area contributed by atoms with Crippen molar-refractivity contribution in [1.82, 2.24) is 0 Å². The number of hydrogen-bond donors (Lipinski definition) is 0. The van der Waals surface area contributed by atoms with Gasteiger partial charge in [-0.3, -0.25) is 0 Å². The average molecular weight is 190 g/mol. The molecule has 1 rings (SSSR count). The van der Waals surface area contributed by atoms with Crippen molar-refractivity contribution in [3.05, 3.63) is 24.3 Å². The van der Waals surface area contributed by atoms with Crippen molar-refractivity contribution in [2.24, 2.45) is 9.98 Å². The van der Waals surface area contributed by atoms with Gasteiger partial charge in [-0.1, -0.05) is 0 Å². The number of hydrogen-bond acceptors (Lipinski definition) is 5. The highest BCUT2D eigenvalue weighted by Crippen LogP contribution is 2.17. The fourth-order valence-corrected chi connectivity index (χ4v) is 0.803. The van der Waals surface area contributed by atoms with Crippen LogP contribution in [0.1, 0.15) is 0 Å². The third-order valence-electron chi connectivity index (χ3n) is 1.37. The van der Waals surface area contributed by atoms with Crippen LogP contribution in [0.3, 0.4) is 0 Å². The van der Waals surface area contributed by atoms with E-state index in [0.717, 1.165) is 0 Å². The summed E-state index contributed by atoms with van der Waals surface area (Å²) in [6, 6.07) is 6.39. The van der Waals surface area contributed by atoms with Gasteiger partial charge in [0.25, 0.3) is 0 Å². The van der Waals surface area contributed by atoms with Crippen LogP contribution in [0.4, 0.5) is 5.69 Å². The molecule has 0 amide bonds. The molecular weight excluding hydrogens is 184 g/mol. The Kier molecular flexibility index (Phi) is 3.83. The molecule has 0 aliphatic carbocycles. The molecule has 0 N–H and O–H groups in total. The van der Waals surface area contributed by atoms with Crippen LogP contribution in [-0.2, 0) is 9.59 Å². The van der Waals surface area contributed by atoms with Crippen molar-refractivity contribution in [1.29, 1.82) is 0 Å². The zero-order valence-electron chi connectivity index (χ0n) is 7.14. The number of rotatable bonds is 4. The lowest BCUT2D eigenvalue weighted by Gasteiger charge is -2.00. The second kappa shape index (κ2) is 5.43. The molecule has 5 heteroatoms. The van der Waals surface area contributed by atoms with Crippen molar-refractivity contribution < 1.29 is 14.3 Å². The lowest BCUT2D eigenvalue weighted by Crippen LogP contribution is -1.92. The molecule has 0 heterocycles. The molecule has 0 aliphatic rings. The van der Waals surface area contributed by atoms with E-state index in [4.69, 9.17) is 4.74 Å². The van der Waals surface area contributed by atoms with Crippen LogP contribution in [0.15, 0.2) is 34.3 Å². The van der Waals surface area contributed by atoms with E-state index in [9.17, 15) is 9.59 Å². The van der Waals surface area contributed by atoms with Crippen LogP contribution in [0.2, 0.25) is 0 Å². The Morgan fingerprint density at radius 3 is 2.43 bits per heavy atom. The van der Waals surface area contributed by atoms with E-state index in [-0.39, 0.29) is 6.73 Å². The number of isocyanates is 2. The molecule has 0 aliphatic heterocycles. The van der Waals surface area contributed by atoms with Gasteiger partial charge in [-0.15, -0.1) is 0 Å². The van der Waals surface area contributed by atoms with Gasteiger partial charge in [-0.2, -0.15) is 9.98 Å². The Labute approximate surface area is 79.8 Å². The molecule has 0 saturated heterocycles. The Hall–Kier alpha value is -2.22. The Balaban J connectivity index is 2.63. The maximum absolute atomic E-state index is 9.89. The molecule has 0 aromatic heterocycles. The quantitative estimate of drug-likeness (QED) is 0.531. The highest BCUT2D eigenvalue weighted by molar-refractivity contribution is 5.50. The van der Waals surface area contributed by atoms with Crippen LogP contribution in [-0.4, -0.2) is 18.9 Å². The first kappa shape index (κ1) is 9.86. The summed E-state index contributed by atoms with van der Waals surface area (Å²) in [4.78, 5) is 26.2. The summed E-state index contributed by atoms with van der Waals surface area (Å²) in [5.74, 6) is 0.536. The second-order valence-corrected chi connectivity index (χ2v) is 2.22.